The highest BCUT2D eigenvalue weighted by Gasteiger charge is 2.22. The maximum absolute atomic E-state index is 11.8. The number of aliphatic hydroxyl groups excluding tert-OH is 1. The van der Waals surface area contributed by atoms with Crippen molar-refractivity contribution >= 4 is 5.91 Å². The van der Waals surface area contributed by atoms with Gasteiger partial charge in [-0.2, -0.15) is 5.10 Å². The molecule has 1 aromatic heterocycles. The molecule has 1 fully saturated rings. The van der Waals surface area contributed by atoms with E-state index in [1.807, 2.05) is 12.3 Å². The fourth-order valence-electron chi connectivity index (χ4n) is 2.38. The standard InChI is InChI=1S/C13H21N3O2/c17-12-6-3-1-2-5-11(12)15-13(18)7-10-16-9-4-8-14-16/h4,8-9,11-12,17H,1-3,5-7,10H2,(H,15,18). The zero-order valence-corrected chi connectivity index (χ0v) is 10.6. The van der Waals surface area contributed by atoms with Crippen LogP contribution in [0.2, 0.25) is 0 Å². The van der Waals surface area contributed by atoms with Crippen molar-refractivity contribution in [3.63, 3.8) is 0 Å². The summed E-state index contributed by atoms with van der Waals surface area (Å²) in [5.74, 6) is -0.00329. The SMILES string of the molecule is O=C(CCn1cccn1)NC1CCCCCC1O. The van der Waals surface area contributed by atoms with Crippen LogP contribution in [0.1, 0.15) is 38.5 Å². The predicted octanol–water partition coefficient (Wildman–Crippen LogP) is 1.08. The molecule has 1 aliphatic carbocycles. The number of nitrogens with zero attached hydrogens (tertiary/aromatic N) is 2. The minimum atomic E-state index is -0.388. The average molecular weight is 251 g/mol. The molecule has 0 aromatic carbocycles. The van der Waals surface area contributed by atoms with E-state index < -0.39 is 0 Å². The van der Waals surface area contributed by atoms with Crippen LogP contribution in [-0.2, 0) is 11.3 Å². The predicted molar refractivity (Wildman–Crippen MR) is 67.9 cm³/mol. The van der Waals surface area contributed by atoms with Crippen molar-refractivity contribution in [2.45, 2.75) is 57.2 Å². The molecule has 1 saturated carbocycles. The zero-order valence-electron chi connectivity index (χ0n) is 10.6. The van der Waals surface area contributed by atoms with Crippen LogP contribution in [0.25, 0.3) is 0 Å². The normalized spacial score (nSPS) is 24.5. The summed E-state index contributed by atoms with van der Waals surface area (Å²) in [6, 6.07) is 1.77. The molecule has 1 aromatic rings. The van der Waals surface area contributed by atoms with Gasteiger partial charge in [-0.05, 0) is 18.9 Å². The number of rotatable bonds is 4. The van der Waals surface area contributed by atoms with Crippen LogP contribution >= 0.6 is 0 Å². The molecule has 0 aliphatic heterocycles. The highest BCUT2D eigenvalue weighted by atomic mass is 16.3. The Hall–Kier alpha value is -1.36. The van der Waals surface area contributed by atoms with E-state index >= 15 is 0 Å². The molecular weight excluding hydrogens is 230 g/mol. The lowest BCUT2D eigenvalue weighted by atomic mass is 10.1. The second kappa shape index (κ2) is 6.54. The smallest absolute Gasteiger partial charge is 0.222 e. The summed E-state index contributed by atoms with van der Waals surface area (Å²) in [6.45, 7) is 0.585. The Balaban J connectivity index is 1.75. The molecule has 1 amide bonds. The van der Waals surface area contributed by atoms with Gasteiger partial charge in [-0.25, -0.2) is 0 Å². The number of amides is 1. The van der Waals surface area contributed by atoms with Gasteiger partial charge in [0.05, 0.1) is 12.1 Å². The molecule has 5 nitrogen and oxygen atoms in total. The highest BCUT2D eigenvalue weighted by molar-refractivity contribution is 5.76. The van der Waals surface area contributed by atoms with Gasteiger partial charge in [0, 0.05) is 25.4 Å². The Morgan fingerprint density at radius 2 is 2.22 bits per heavy atom. The number of aromatic nitrogens is 2. The molecule has 18 heavy (non-hydrogen) atoms. The monoisotopic (exact) mass is 251 g/mol. The minimum Gasteiger partial charge on any atom is -0.391 e. The van der Waals surface area contributed by atoms with Crippen LogP contribution in [0.4, 0.5) is 0 Å². The van der Waals surface area contributed by atoms with Crippen molar-refractivity contribution in [1.82, 2.24) is 15.1 Å². The third-order valence-corrected chi connectivity index (χ3v) is 3.45. The summed E-state index contributed by atoms with van der Waals surface area (Å²) in [4.78, 5) is 11.8. The lowest BCUT2D eigenvalue weighted by Crippen LogP contribution is -2.42. The molecule has 0 radical (unpaired) electrons. The molecule has 2 atom stereocenters. The average Bonchev–Trinajstić information content (AvgIpc) is 2.80. The number of carbonyl (C=O) groups is 1. The van der Waals surface area contributed by atoms with E-state index in [0.717, 1.165) is 32.1 Å². The number of aliphatic hydroxyl groups is 1. The molecule has 0 spiro atoms. The molecule has 0 bridgehead atoms. The number of hydrogen-bond donors (Lipinski definition) is 2. The van der Waals surface area contributed by atoms with Crippen LogP contribution in [0.5, 0.6) is 0 Å². The summed E-state index contributed by atoms with van der Waals surface area (Å²) in [5.41, 5.74) is 0. The molecule has 1 heterocycles. The first-order chi connectivity index (χ1) is 8.75. The maximum atomic E-state index is 11.8. The van der Waals surface area contributed by atoms with E-state index in [2.05, 4.69) is 10.4 Å². The number of nitrogens with one attached hydrogen (secondary N) is 1. The molecule has 2 rings (SSSR count). The lowest BCUT2D eigenvalue weighted by molar-refractivity contribution is -0.123. The number of hydrogen-bond acceptors (Lipinski definition) is 3. The van der Waals surface area contributed by atoms with Gasteiger partial charge in [-0.1, -0.05) is 19.3 Å². The van der Waals surface area contributed by atoms with Gasteiger partial charge in [0.25, 0.3) is 0 Å². The Bertz CT molecular complexity index is 364. The minimum absolute atomic E-state index is 0.00329. The fraction of sp³-hybridized carbons (Fsp3) is 0.692. The van der Waals surface area contributed by atoms with Crippen LogP contribution in [-0.4, -0.2) is 32.9 Å². The largest absolute Gasteiger partial charge is 0.391 e. The van der Waals surface area contributed by atoms with Crippen molar-refractivity contribution in [2.24, 2.45) is 0 Å². The topological polar surface area (TPSA) is 67.2 Å². The summed E-state index contributed by atoms with van der Waals surface area (Å²) in [7, 11) is 0. The van der Waals surface area contributed by atoms with E-state index in [0.29, 0.717) is 13.0 Å². The zero-order chi connectivity index (χ0) is 12.8. The van der Waals surface area contributed by atoms with E-state index in [9.17, 15) is 9.90 Å². The Kier molecular flexibility index (Phi) is 4.75. The van der Waals surface area contributed by atoms with E-state index in [-0.39, 0.29) is 18.1 Å². The van der Waals surface area contributed by atoms with E-state index in [1.165, 1.54) is 0 Å². The molecule has 2 N–H and O–H groups in total. The van der Waals surface area contributed by atoms with E-state index in [4.69, 9.17) is 0 Å². The van der Waals surface area contributed by atoms with E-state index in [1.54, 1.807) is 10.9 Å². The van der Waals surface area contributed by atoms with Gasteiger partial charge in [0.1, 0.15) is 0 Å². The summed E-state index contributed by atoms with van der Waals surface area (Å²) in [6.07, 6.45) is 8.53. The second-order valence-electron chi connectivity index (χ2n) is 4.90. The van der Waals surface area contributed by atoms with Gasteiger partial charge in [-0.3, -0.25) is 9.48 Å². The third-order valence-electron chi connectivity index (χ3n) is 3.45. The molecule has 100 valence electrons. The Morgan fingerprint density at radius 3 is 3.00 bits per heavy atom. The quantitative estimate of drug-likeness (QED) is 0.787. The van der Waals surface area contributed by atoms with Crippen molar-refractivity contribution in [3.8, 4) is 0 Å². The van der Waals surface area contributed by atoms with Crippen molar-refractivity contribution < 1.29 is 9.90 Å². The maximum Gasteiger partial charge on any atom is 0.222 e. The Morgan fingerprint density at radius 1 is 1.39 bits per heavy atom. The molecule has 2 unspecified atom stereocenters. The van der Waals surface area contributed by atoms with Crippen LogP contribution in [0.3, 0.4) is 0 Å². The summed E-state index contributed by atoms with van der Waals surface area (Å²) >= 11 is 0. The van der Waals surface area contributed by atoms with Crippen LogP contribution < -0.4 is 5.32 Å². The summed E-state index contributed by atoms with van der Waals surface area (Å²) in [5, 5.41) is 16.9. The first kappa shape index (κ1) is 13.1. The second-order valence-corrected chi connectivity index (χ2v) is 4.90. The van der Waals surface area contributed by atoms with Gasteiger partial charge in [-0.15, -0.1) is 0 Å². The first-order valence-electron chi connectivity index (χ1n) is 6.70. The van der Waals surface area contributed by atoms with Gasteiger partial charge in [0.2, 0.25) is 5.91 Å². The van der Waals surface area contributed by atoms with Crippen molar-refractivity contribution in [2.75, 3.05) is 0 Å². The van der Waals surface area contributed by atoms with Crippen LogP contribution in [0.15, 0.2) is 18.5 Å². The van der Waals surface area contributed by atoms with Gasteiger partial charge < -0.3 is 10.4 Å². The lowest BCUT2D eigenvalue weighted by Gasteiger charge is -2.21. The number of aryl methyl sites for hydroxylation is 1. The van der Waals surface area contributed by atoms with Crippen molar-refractivity contribution in [1.29, 1.82) is 0 Å². The summed E-state index contributed by atoms with van der Waals surface area (Å²) < 4.78 is 1.74. The first-order valence-corrected chi connectivity index (χ1v) is 6.70. The Labute approximate surface area is 107 Å². The molecule has 0 saturated heterocycles. The molecule has 1 aliphatic rings. The van der Waals surface area contributed by atoms with Gasteiger partial charge in [0.15, 0.2) is 0 Å². The van der Waals surface area contributed by atoms with Gasteiger partial charge >= 0.3 is 0 Å². The number of carbonyl (C=O) groups excluding carboxylic acids is 1. The van der Waals surface area contributed by atoms with Crippen molar-refractivity contribution in [3.05, 3.63) is 18.5 Å². The molecule has 5 heteroatoms. The fourth-order valence-corrected chi connectivity index (χ4v) is 2.38. The third kappa shape index (κ3) is 3.84. The molecular formula is C13H21N3O2. The highest BCUT2D eigenvalue weighted by Crippen LogP contribution is 2.18. The van der Waals surface area contributed by atoms with Crippen LogP contribution in [0, 0.1) is 0 Å².